The van der Waals surface area contributed by atoms with Crippen molar-refractivity contribution >= 4 is 13.7 Å². The fraction of sp³-hybridized carbons (Fsp3) is 0.364. The third kappa shape index (κ3) is 6.07. The maximum absolute atomic E-state index is 11.0. The summed E-state index contributed by atoms with van der Waals surface area (Å²) < 4.78 is 17.1. The number of allylic oxidation sites excluding steroid dienone is 4. The Morgan fingerprint density at radius 2 is 1.89 bits per heavy atom. The van der Waals surface area contributed by atoms with Crippen molar-refractivity contribution in [3.05, 3.63) is 69.6 Å². The highest BCUT2D eigenvalue weighted by Gasteiger charge is 2.24. The lowest BCUT2D eigenvalue weighted by molar-refractivity contribution is 0.338. The zero-order valence-electron chi connectivity index (χ0n) is 16.9. The Hall–Kier alpha value is -1.87. The van der Waals surface area contributed by atoms with Gasteiger partial charge in [-0.05, 0) is 60.6 Å². The van der Waals surface area contributed by atoms with Crippen LogP contribution in [0, 0.1) is 6.92 Å². The van der Waals surface area contributed by atoms with Gasteiger partial charge in [0.1, 0.15) is 12.4 Å². The molecule has 0 saturated heterocycles. The Bertz CT molecular complexity index is 890. The SMILES string of the molecule is CC(/C=C/C=C(\C)C1=Cc2cc(C)cc(C(C)(C)C)c2OC1)=C\P(=O)(O)O. The average Bonchev–Trinajstić information content (AvgIpc) is 2.50. The number of ether oxygens (including phenoxy) is 1. The van der Waals surface area contributed by atoms with Crippen molar-refractivity contribution in [2.75, 3.05) is 6.61 Å². The number of benzene rings is 1. The van der Waals surface area contributed by atoms with Gasteiger partial charge in [-0.3, -0.25) is 4.57 Å². The molecule has 5 heteroatoms. The summed E-state index contributed by atoms with van der Waals surface area (Å²) in [6, 6.07) is 4.33. The molecule has 0 amide bonds. The van der Waals surface area contributed by atoms with Crippen molar-refractivity contribution in [3.8, 4) is 5.75 Å². The van der Waals surface area contributed by atoms with Gasteiger partial charge < -0.3 is 14.5 Å². The lowest BCUT2D eigenvalue weighted by Crippen LogP contribution is -2.17. The van der Waals surface area contributed by atoms with E-state index in [2.05, 4.69) is 45.9 Å². The average molecular weight is 388 g/mol. The smallest absolute Gasteiger partial charge is 0.349 e. The first-order valence-corrected chi connectivity index (χ1v) is 10.6. The zero-order valence-corrected chi connectivity index (χ0v) is 17.8. The molecular formula is C22H29O4P. The highest BCUT2D eigenvalue weighted by atomic mass is 31.2. The van der Waals surface area contributed by atoms with Gasteiger partial charge in [-0.2, -0.15) is 0 Å². The maximum Gasteiger partial charge on any atom is 0.349 e. The van der Waals surface area contributed by atoms with E-state index >= 15 is 0 Å². The van der Waals surface area contributed by atoms with E-state index in [0.29, 0.717) is 12.2 Å². The molecule has 27 heavy (non-hydrogen) atoms. The molecule has 0 saturated carbocycles. The molecule has 0 atom stereocenters. The summed E-state index contributed by atoms with van der Waals surface area (Å²) in [4.78, 5) is 17.9. The Morgan fingerprint density at radius 1 is 1.22 bits per heavy atom. The predicted molar refractivity (Wildman–Crippen MR) is 112 cm³/mol. The van der Waals surface area contributed by atoms with Crippen LogP contribution in [0.1, 0.15) is 51.3 Å². The van der Waals surface area contributed by atoms with Crippen molar-refractivity contribution < 1.29 is 19.1 Å². The van der Waals surface area contributed by atoms with E-state index in [1.165, 1.54) is 11.1 Å². The molecule has 0 aromatic heterocycles. The van der Waals surface area contributed by atoms with Gasteiger partial charge in [-0.1, -0.05) is 45.1 Å². The van der Waals surface area contributed by atoms with Crippen molar-refractivity contribution in [3.63, 3.8) is 0 Å². The summed E-state index contributed by atoms with van der Waals surface area (Å²) in [5, 5.41) is 0. The van der Waals surface area contributed by atoms with Crippen molar-refractivity contribution in [1.29, 1.82) is 0 Å². The summed E-state index contributed by atoms with van der Waals surface area (Å²) in [7, 11) is -4.14. The molecule has 1 heterocycles. The minimum atomic E-state index is -4.14. The zero-order chi connectivity index (χ0) is 20.4. The highest BCUT2D eigenvalue weighted by molar-refractivity contribution is 7.55. The quantitative estimate of drug-likeness (QED) is 0.516. The van der Waals surface area contributed by atoms with E-state index < -0.39 is 7.60 Å². The summed E-state index contributed by atoms with van der Waals surface area (Å²) in [5.41, 5.74) is 6.20. The fourth-order valence-corrected chi connectivity index (χ4v) is 3.61. The molecule has 2 rings (SSSR count). The van der Waals surface area contributed by atoms with Gasteiger partial charge in [0, 0.05) is 16.9 Å². The van der Waals surface area contributed by atoms with E-state index in [4.69, 9.17) is 14.5 Å². The van der Waals surface area contributed by atoms with Gasteiger partial charge in [0.15, 0.2) is 0 Å². The second kappa shape index (κ2) is 8.02. The minimum absolute atomic E-state index is 0.0117. The molecule has 1 aromatic rings. The number of aryl methyl sites for hydroxylation is 1. The summed E-state index contributed by atoms with van der Waals surface area (Å²) >= 11 is 0. The Kier molecular flexibility index (Phi) is 6.36. The third-order valence-corrected chi connectivity index (χ3v) is 5.10. The van der Waals surface area contributed by atoms with E-state index in [1.807, 2.05) is 13.0 Å². The molecule has 1 aliphatic rings. The first kappa shape index (κ1) is 21.4. The summed E-state index contributed by atoms with van der Waals surface area (Å²) in [6.45, 7) is 12.8. The molecule has 146 valence electrons. The molecule has 1 aliphatic heterocycles. The van der Waals surface area contributed by atoms with Gasteiger partial charge in [-0.15, -0.1) is 0 Å². The van der Waals surface area contributed by atoms with Gasteiger partial charge in [0.2, 0.25) is 0 Å². The third-order valence-electron chi connectivity index (χ3n) is 4.36. The molecular weight excluding hydrogens is 359 g/mol. The number of hydrogen-bond acceptors (Lipinski definition) is 2. The maximum atomic E-state index is 11.0. The number of hydrogen-bond donors (Lipinski definition) is 2. The lowest BCUT2D eigenvalue weighted by atomic mass is 9.83. The molecule has 0 aliphatic carbocycles. The standard InChI is InChI=1S/C22H29O4P/c1-15(14-27(23,24)25)8-7-9-17(3)19-12-18-10-16(2)11-20(22(4,5)6)21(18)26-13-19/h7-12,14H,13H2,1-6H3,(H2,23,24,25)/b8-7+,15-14+,17-9+. The van der Waals surface area contributed by atoms with Crippen molar-refractivity contribution in [2.24, 2.45) is 0 Å². The van der Waals surface area contributed by atoms with Gasteiger partial charge >= 0.3 is 7.60 Å². The first-order chi connectivity index (χ1) is 12.4. The van der Waals surface area contributed by atoms with Crippen LogP contribution in [0.3, 0.4) is 0 Å². The minimum Gasteiger partial charge on any atom is -0.488 e. The van der Waals surface area contributed by atoms with Crippen LogP contribution in [0.25, 0.3) is 6.08 Å². The van der Waals surface area contributed by atoms with Gasteiger partial charge in [0.05, 0.1) is 0 Å². The van der Waals surface area contributed by atoms with E-state index in [0.717, 1.165) is 28.3 Å². The topological polar surface area (TPSA) is 66.8 Å². The Labute approximate surface area is 162 Å². The molecule has 0 fully saturated rings. The molecule has 0 bridgehead atoms. The predicted octanol–water partition coefficient (Wildman–Crippen LogP) is 5.65. The lowest BCUT2D eigenvalue weighted by Gasteiger charge is -2.28. The summed E-state index contributed by atoms with van der Waals surface area (Å²) in [6.07, 6.45) is 7.57. The summed E-state index contributed by atoms with van der Waals surface area (Å²) in [5.74, 6) is 1.92. The van der Waals surface area contributed by atoms with Crippen molar-refractivity contribution in [1.82, 2.24) is 0 Å². The van der Waals surface area contributed by atoms with Crippen LogP contribution in [0.4, 0.5) is 0 Å². The number of rotatable bonds is 4. The van der Waals surface area contributed by atoms with Crippen LogP contribution in [0.2, 0.25) is 0 Å². The largest absolute Gasteiger partial charge is 0.488 e. The Balaban J connectivity index is 2.31. The van der Waals surface area contributed by atoms with E-state index in [9.17, 15) is 4.57 Å². The Morgan fingerprint density at radius 3 is 2.48 bits per heavy atom. The van der Waals surface area contributed by atoms with Crippen LogP contribution in [-0.2, 0) is 9.98 Å². The first-order valence-electron chi connectivity index (χ1n) is 8.95. The normalized spacial score (nSPS) is 16.2. The van der Waals surface area contributed by atoms with Crippen LogP contribution >= 0.6 is 7.60 Å². The second-order valence-corrected chi connectivity index (χ2v) is 9.55. The molecule has 1 aromatic carbocycles. The van der Waals surface area contributed by atoms with E-state index in [1.54, 1.807) is 19.1 Å². The van der Waals surface area contributed by atoms with Crippen LogP contribution in [0.15, 0.2) is 52.9 Å². The van der Waals surface area contributed by atoms with Crippen molar-refractivity contribution in [2.45, 2.75) is 47.0 Å². The second-order valence-electron chi connectivity index (χ2n) is 8.11. The van der Waals surface area contributed by atoms with Crippen LogP contribution in [-0.4, -0.2) is 16.4 Å². The molecule has 4 nitrogen and oxygen atoms in total. The van der Waals surface area contributed by atoms with Crippen LogP contribution in [0.5, 0.6) is 5.75 Å². The molecule has 0 radical (unpaired) electrons. The highest BCUT2D eigenvalue weighted by Crippen LogP contribution is 2.39. The number of fused-ring (bicyclic) bond motifs is 1. The van der Waals surface area contributed by atoms with Gasteiger partial charge in [-0.25, -0.2) is 0 Å². The van der Waals surface area contributed by atoms with Crippen LogP contribution < -0.4 is 4.74 Å². The monoisotopic (exact) mass is 388 g/mol. The van der Waals surface area contributed by atoms with E-state index in [-0.39, 0.29) is 5.41 Å². The molecule has 0 spiro atoms. The van der Waals surface area contributed by atoms with Gasteiger partial charge in [0.25, 0.3) is 0 Å². The molecule has 0 unspecified atom stereocenters. The fourth-order valence-electron chi connectivity index (χ4n) is 2.99. The molecule has 2 N–H and O–H groups in total.